The summed E-state index contributed by atoms with van der Waals surface area (Å²) in [6.45, 7) is 5.78. The predicted octanol–water partition coefficient (Wildman–Crippen LogP) is 2.88. The molecule has 3 heteroatoms. The third-order valence-electron chi connectivity index (χ3n) is 2.15. The number of unbranched alkanes of at least 4 members (excludes halogenated alkanes) is 1. The Labute approximate surface area is 91.6 Å². The molecule has 0 spiro atoms. The van der Waals surface area contributed by atoms with E-state index >= 15 is 0 Å². The molecule has 0 saturated heterocycles. The molecule has 15 heavy (non-hydrogen) atoms. The summed E-state index contributed by atoms with van der Waals surface area (Å²) in [6, 6.07) is 5.71. The van der Waals surface area contributed by atoms with Gasteiger partial charge < -0.3 is 15.8 Å². The van der Waals surface area contributed by atoms with Crippen molar-refractivity contribution in [3.05, 3.63) is 18.2 Å². The van der Waals surface area contributed by atoms with Crippen molar-refractivity contribution >= 4 is 11.4 Å². The molecule has 0 heterocycles. The average molecular weight is 208 g/mol. The van der Waals surface area contributed by atoms with Crippen molar-refractivity contribution in [2.75, 3.05) is 24.2 Å². The van der Waals surface area contributed by atoms with Crippen molar-refractivity contribution in [2.45, 2.75) is 26.7 Å². The van der Waals surface area contributed by atoms with Gasteiger partial charge in [-0.15, -0.1) is 0 Å². The minimum absolute atomic E-state index is 0.659. The molecule has 0 bridgehead atoms. The monoisotopic (exact) mass is 208 g/mol. The summed E-state index contributed by atoms with van der Waals surface area (Å²) in [5.74, 6) is 0.841. The van der Waals surface area contributed by atoms with Crippen LogP contribution in [0.5, 0.6) is 5.75 Å². The van der Waals surface area contributed by atoms with Crippen molar-refractivity contribution in [1.82, 2.24) is 0 Å². The van der Waals surface area contributed by atoms with E-state index in [-0.39, 0.29) is 0 Å². The fraction of sp³-hybridized carbons (Fsp3) is 0.500. The first kappa shape index (κ1) is 11.7. The molecule has 3 nitrogen and oxygen atoms in total. The van der Waals surface area contributed by atoms with Crippen molar-refractivity contribution < 1.29 is 4.74 Å². The molecule has 0 fully saturated rings. The third-order valence-corrected chi connectivity index (χ3v) is 2.15. The van der Waals surface area contributed by atoms with Crippen molar-refractivity contribution in [3.8, 4) is 5.75 Å². The normalized spacial score (nSPS) is 10.0. The van der Waals surface area contributed by atoms with Crippen LogP contribution in [0.2, 0.25) is 0 Å². The van der Waals surface area contributed by atoms with Crippen molar-refractivity contribution in [2.24, 2.45) is 0 Å². The molecule has 3 N–H and O–H groups in total. The third kappa shape index (κ3) is 3.70. The van der Waals surface area contributed by atoms with E-state index in [9.17, 15) is 0 Å². The molecular weight excluding hydrogens is 188 g/mol. The Morgan fingerprint density at radius 1 is 1.33 bits per heavy atom. The van der Waals surface area contributed by atoms with E-state index in [1.807, 2.05) is 25.1 Å². The molecule has 1 aromatic rings. The Morgan fingerprint density at radius 2 is 2.13 bits per heavy atom. The molecule has 0 amide bonds. The number of anilines is 2. The van der Waals surface area contributed by atoms with Crippen LogP contribution in [0, 0.1) is 0 Å². The van der Waals surface area contributed by atoms with E-state index in [0.29, 0.717) is 6.61 Å². The zero-order chi connectivity index (χ0) is 11.1. The van der Waals surface area contributed by atoms with E-state index in [4.69, 9.17) is 10.5 Å². The summed E-state index contributed by atoms with van der Waals surface area (Å²) >= 11 is 0. The van der Waals surface area contributed by atoms with E-state index in [1.54, 1.807) is 0 Å². The van der Waals surface area contributed by atoms with Crippen LogP contribution in [0.4, 0.5) is 11.4 Å². The smallest absolute Gasteiger partial charge is 0.144 e. The lowest BCUT2D eigenvalue weighted by atomic mass is 10.2. The maximum Gasteiger partial charge on any atom is 0.144 e. The van der Waals surface area contributed by atoms with Crippen LogP contribution in [0.25, 0.3) is 0 Å². The van der Waals surface area contributed by atoms with Crippen LogP contribution in [0.1, 0.15) is 26.7 Å². The minimum Gasteiger partial charge on any atom is -0.492 e. The van der Waals surface area contributed by atoms with Crippen LogP contribution in [-0.4, -0.2) is 13.2 Å². The molecule has 0 aliphatic heterocycles. The first-order valence-electron chi connectivity index (χ1n) is 5.54. The number of ether oxygens (including phenoxy) is 1. The van der Waals surface area contributed by atoms with E-state index in [1.165, 1.54) is 6.42 Å². The number of hydrogen-bond donors (Lipinski definition) is 2. The van der Waals surface area contributed by atoms with E-state index < -0.39 is 0 Å². The summed E-state index contributed by atoms with van der Waals surface area (Å²) in [5.41, 5.74) is 7.47. The van der Waals surface area contributed by atoms with Gasteiger partial charge in [-0.3, -0.25) is 0 Å². The SMILES string of the molecule is CCCCNc1ccc(N)cc1OCC. The summed E-state index contributed by atoms with van der Waals surface area (Å²) in [6.07, 6.45) is 2.35. The summed E-state index contributed by atoms with van der Waals surface area (Å²) in [5, 5.41) is 3.35. The maximum absolute atomic E-state index is 5.70. The Kier molecular flexibility index (Phi) is 4.81. The van der Waals surface area contributed by atoms with Gasteiger partial charge >= 0.3 is 0 Å². The van der Waals surface area contributed by atoms with Gasteiger partial charge in [0, 0.05) is 18.3 Å². The Hall–Kier alpha value is -1.38. The lowest BCUT2D eigenvalue weighted by Gasteiger charge is -2.12. The van der Waals surface area contributed by atoms with Gasteiger partial charge in [0.25, 0.3) is 0 Å². The first-order valence-corrected chi connectivity index (χ1v) is 5.54. The molecule has 0 radical (unpaired) electrons. The second-order valence-corrected chi connectivity index (χ2v) is 3.47. The summed E-state index contributed by atoms with van der Waals surface area (Å²) in [4.78, 5) is 0. The molecule has 1 rings (SSSR count). The number of hydrogen-bond acceptors (Lipinski definition) is 3. The van der Waals surface area contributed by atoms with Crippen molar-refractivity contribution in [3.63, 3.8) is 0 Å². The first-order chi connectivity index (χ1) is 7.27. The second kappa shape index (κ2) is 6.17. The quantitative estimate of drug-likeness (QED) is 0.558. The summed E-state index contributed by atoms with van der Waals surface area (Å²) in [7, 11) is 0. The predicted molar refractivity (Wildman–Crippen MR) is 65.4 cm³/mol. The Balaban J connectivity index is 2.67. The highest BCUT2D eigenvalue weighted by molar-refractivity contribution is 5.62. The topological polar surface area (TPSA) is 47.3 Å². The molecule has 0 atom stereocenters. The van der Waals surface area contributed by atoms with Crippen LogP contribution >= 0.6 is 0 Å². The Bertz CT molecular complexity index is 300. The highest BCUT2D eigenvalue weighted by Gasteiger charge is 2.02. The lowest BCUT2D eigenvalue weighted by molar-refractivity contribution is 0.342. The number of rotatable bonds is 6. The van der Waals surface area contributed by atoms with Crippen LogP contribution < -0.4 is 15.8 Å². The highest BCUT2D eigenvalue weighted by atomic mass is 16.5. The van der Waals surface area contributed by atoms with Gasteiger partial charge in [0.05, 0.1) is 12.3 Å². The fourth-order valence-electron chi connectivity index (χ4n) is 1.36. The zero-order valence-corrected chi connectivity index (χ0v) is 9.55. The number of nitrogens with one attached hydrogen (secondary N) is 1. The van der Waals surface area contributed by atoms with Gasteiger partial charge in [-0.1, -0.05) is 13.3 Å². The highest BCUT2D eigenvalue weighted by Crippen LogP contribution is 2.26. The van der Waals surface area contributed by atoms with Crippen LogP contribution in [-0.2, 0) is 0 Å². The largest absolute Gasteiger partial charge is 0.492 e. The molecule has 0 aliphatic carbocycles. The minimum atomic E-state index is 0.659. The van der Waals surface area contributed by atoms with E-state index in [2.05, 4.69) is 12.2 Å². The average Bonchev–Trinajstić information content (AvgIpc) is 2.22. The van der Waals surface area contributed by atoms with Gasteiger partial charge in [-0.25, -0.2) is 0 Å². The molecule has 0 saturated carbocycles. The lowest BCUT2D eigenvalue weighted by Crippen LogP contribution is -2.04. The molecule has 0 aromatic heterocycles. The number of nitrogens with two attached hydrogens (primary N) is 1. The van der Waals surface area contributed by atoms with E-state index in [0.717, 1.165) is 30.1 Å². The van der Waals surface area contributed by atoms with Gasteiger partial charge in [0.1, 0.15) is 5.75 Å². The standard InChI is InChI=1S/C12H20N2O/c1-3-5-8-14-11-7-6-10(13)9-12(11)15-4-2/h6-7,9,14H,3-5,8,13H2,1-2H3. The number of nitrogen functional groups attached to an aromatic ring is 1. The second-order valence-electron chi connectivity index (χ2n) is 3.47. The van der Waals surface area contributed by atoms with Crippen LogP contribution in [0.15, 0.2) is 18.2 Å². The number of benzene rings is 1. The van der Waals surface area contributed by atoms with Gasteiger partial charge in [0.2, 0.25) is 0 Å². The van der Waals surface area contributed by atoms with Crippen molar-refractivity contribution in [1.29, 1.82) is 0 Å². The van der Waals surface area contributed by atoms with Crippen LogP contribution in [0.3, 0.4) is 0 Å². The maximum atomic E-state index is 5.70. The molecule has 1 aromatic carbocycles. The Morgan fingerprint density at radius 3 is 2.80 bits per heavy atom. The molecule has 0 unspecified atom stereocenters. The molecule has 84 valence electrons. The van der Waals surface area contributed by atoms with Gasteiger partial charge in [-0.05, 0) is 25.5 Å². The molecule has 0 aliphatic rings. The van der Waals surface area contributed by atoms with Gasteiger partial charge in [-0.2, -0.15) is 0 Å². The molecular formula is C12H20N2O. The zero-order valence-electron chi connectivity index (χ0n) is 9.55. The van der Waals surface area contributed by atoms with Gasteiger partial charge in [0.15, 0.2) is 0 Å². The summed E-state index contributed by atoms with van der Waals surface area (Å²) < 4.78 is 5.51. The fourth-order valence-corrected chi connectivity index (χ4v) is 1.36.